The van der Waals surface area contributed by atoms with E-state index in [0.717, 1.165) is 0 Å². The van der Waals surface area contributed by atoms with Crippen molar-refractivity contribution in [2.45, 2.75) is 32.6 Å². The number of benzene rings is 1. The summed E-state index contributed by atoms with van der Waals surface area (Å²) in [7, 11) is 0. The second kappa shape index (κ2) is 3.46. The van der Waals surface area contributed by atoms with E-state index < -0.39 is 0 Å². The first-order chi connectivity index (χ1) is 7.68. The average molecular weight is 228 g/mol. The Bertz CT molecular complexity index is 536. The maximum Gasteiger partial charge on any atom is 0.0383 e. The lowest BCUT2D eigenvalue weighted by Crippen LogP contribution is -2.10. The van der Waals surface area contributed by atoms with Gasteiger partial charge in [0.2, 0.25) is 0 Å². The van der Waals surface area contributed by atoms with Crippen LogP contribution in [-0.2, 0) is 0 Å². The zero-order chi connectivity index (χ0) is 11.3. The van der Waals surface area contributed by atoms with E-state index in [4.69, 9.17) is 0 Å². The third kappa shape index (κ3) is 1.28. The zero-order valence-electron chi connectivity index (χ0n) is 9.95. The number of hydrogen-bond donors (Lipinski definition) is 0. The number of hydrogen-bond acceptors (Lipinski definition) is 1. The van der Waals surface area contributed by atoms with Crippen LogP contribution in [0, 0.1) is 6.92 Å². The molecule has 0 N–H and O–H groups in total. The van der Waals surface area contributed by atoms with E-state index >= 15 is 0 Å². The van der Waals surface area contributed by atoms with E-state index in [1.807, 2.05) is 11.3 Å². The summed E-state index contributed by atoms with van der Waals surface area (Å²) >= 11 is 1.94. The Kier molecular flexibility index (Phi) is 2.18. The molecule has 0 spiro atoms. The maximum atomic E-state index is 2.37. The Morgan fingerprint density at radius 2 is 1.69 bits per heavy atom. The Hall–Kier alpha value is -1.08. The van der Waals surface area contributed by atoms with Gasteiger partial charge >= 0.3 is 0 Å². The first-order valence-electron chi connectivity index (χ1n) is 5.88. The van der Waals surface area contributed by atoms with E-state index in [9.17, 15) is 0 Å². The monoisotopic (exact) mass is 228 g/mol. The van der Waals surface area contributed by atoms with Gasteiger partial charge in [0, 0.05) is 9.75 Å². The van der Waals surface area contributed by atoms with Crippen LogP contribution in [0.2, 0.25) is 0 Å². The minimum atomic E-state index is 0.637. The summed E-state index contributed by atoms with van der Waals surface area (Å²) in [5, 5.41) is 0. The molecule has 0 fully saturated rings. The summed E-state index contributed by atoms with van der Waals surface area (Å²) in [6.07, 6.45) is 0. The SMILES string of the molecule is Cc1cc2c(s1)-c1ccccc1C(C)C2C. The molecule has 0 radical (unpaired) electrons. The van der Waals surface area contributed by atoms with Gasteiger partial charge in [-0.3, -0.25) is 0 Å². The van der Waals surface area contributed by atoms with Gasteiger partial charge in [0.15, 0.2) is 0 Å². The fourth-order valence-corrected chi connectivity index (χ4v) is 3.89. The van der Waals surface area contributed by atoms with Crippen molar-refractivity contribution in [3.05, 3.63) is 46.3 Å². The lowest BCUT2D eigenvalue weighted by Gasteiger charge is -2.28. The van der Waals surface area contributed by atoms with Crippen molar-refractivity contribution in [2.75, 3.05) is 0 Å². The van der Waals surface area contributed by atoms with Crippen LogP contribution in [-0.4, -0.2) is 0 Å². The van der Waals surface area contributed by atoms with Gasteiger partial charge in [0.25, 0.3) is 0 Å². The maximum absolute atomic E-state index is 2.37. The largest absolute Gasteiger partial charge is 0.140 e. The summed E-state index contributed by atoms with van der Waals surface area (Å²) in [6.45, 7) is 6.91. The van der Waals surface area contributed by atoms with E-state index in [2.05, 4.69) is 51.1 Å². The molecule has 0 saturated carbocycles. The van der Waals surface area contributed by atoms with Crippen molar-refractivity contribution in [2.24, 2.45) is 0 Å². The molecule has 2 aromatic rings. The zero-order valence-corrected chi connectivity index (χ0v) is 10.8. The predicted octanol–water partition coefficient (Wildman–Crippen LogP) is 4.94. The molecule has 2 unspecified atom stereocenters. The second-order valence-electron chi connectivity index (χ2n) is 4.81. The van der Waals surface area contributed by atoms with Gasteiger partial charge in [-0.15, -0.1) is 11.3 Å². The van der Waals surface area contributed by atoms with Gasteiger partial charge in [-0.2, -0.15) is 0 Å². The molecule has 0 amide bonds. The van der Waals surface area contributed by atoms with E-state index in [1.165, 1.54) is 20.9 Å². The molecule has 1 aliphatic carbocycles. The molecule has 1 heteroatoms. The number of fused-ring (bicyclic) bond motifs is 3. The molecular weight excluding hydrogens is 212 g/mol. The molecule has 16 heavy (non-hydrogen) atoms. The third-order valence-electron chi connectivity index (χ3n) is 3.82. The standard InChI is InChI=1S/C15H16S/c1-9-8-14-11(3)10(2)12-6-4-5-7-13(12)15(14)16-9/h4-8,10-11H,1-3H3. The molecule has 0 saturated heterocycles. The van der Waals surface area contributed by atoms with Crippen molar-refractivity contribution in [1.29, 1.82) is 0 Å². The van der Waals surface area contributed by atoms with Crippen LogP contribution in [0.4, 0.5) is 0 Å². The highest BCUT2D eigenvalue weighted by molar-refractivity contribution is 7.15. The fraction of sp³-hybridized carbons (Fsp3) is 0.333. The van der Waals surface area contributed by atoms with Crippen molar-refractivity contribution < 1.29 is 0 Å². The lowest BCUT2D eigenvalue weighted by atomic mass is 9.76. The summed E-state index contributed by atoms with van der Waals surface area (Å²) < 4.78 is 0. The smallest absolute Gasteiger partial charge is 0.0383 e. The first-order valence-corrected chi connectivity index (χ1v) is 6.69. The molecule has 0 nitrogen and oxygen atoms in total. The molecule has 82 valence electrons. The van der Waals surface area contributed by atoms with Crippen LogP contribution in [0.15, 0.2) is 30.3 Å². The van der Waals surface area contributed by atoms with Crippen molar-refractivity contribution in [3.63, 3.8) is 0 Å². The Labute approximate surface area is 101 Å². The normalized spacial score (nSPS) is 22.7. The number of aryl methyl sites for hydroxylation is 1. The number of thiophene rings is 1. The summed E-state index contributed by atoms with van der Waals surface area (Å²) in [6, 6.07) is 11.2. The van der Waals surface area contributed by atoms with E-state index in [0.29, 0.717) is 11.8 Å². The van der Waals surface area contributed by atoms with E-state index in [-0.39, 0.29) is 0 Å². The average Bonchev–Trinajstić information content (AvgIpc) is 2.68. The lowest BCUT2D eigenvalue weighted by molar-refractivity contribution is 0.618. The minimum absolute atomic E-state index is 0.637. The first kappa shape index (κ1) is 10.1. The van der Waals surface area contributed by atoms with Gasteiger partial charge in [-0.25, -0.2) is 0 Å². The van der Waals surface area contributed by atoms with Crippen LogP contribution in [0.25, 0.3) is 10.4 Å². The second-order valence-corrected chi connectivity index (χ2v) is 6.06. The molecule has 2 atom stereocenters. The van der Waals surface area contributed by atoms with Gasteiger partial charge in [-0.05, 0) is 41.5 Å². The fourth-order valence-electron chi connectivity index (χ4n) is 2.72. The van der Waals surface area contributed by atoms with Gasteiger partial charge in [0.05, 0.1) is 0 Å². The van der Waals surface area contributed by atoms with Crippen molar-refractivity contribution >= 4 is 11.3 Å². The van der Waals surface area contributed by atoms with Crippen molar-refractivity contribution in [1.82, 2.24) is 0 Å². The van der Waals surface area contributed by atoms with Gasteiger partial charge in [-0.1, -0.05) is 38.1 Å². The molecule has 1 heterocycles. The minimum Gasteiger partial charge on any atom is -0.140 e. The van der Waals surface area contributed by atoms with Gasteiger partial charge in [0.1, 0.15) is 0 Å². The Morgan fingerprint density at radius 1 is 1.00 bits per heavy atom. The molecule has 1 aliphatic rings. The molecule has 1 aromatic heterocycles. The van der Waals surface area contributed by atoms with Crippen LogP contribution in [0.3, 0.4) is 0 Å². The summed E-state index contributed by atoms with van der Waals surface area (Å²) in [5.41, 5.74) is 4.53. The van der Waals surface area contributed by atoms with Gasteiger partial charge < -0.3 is 0 Å². The third-order valence-corrected chi connectivity index (χ3v) is 4.92. The predicted molar refractivity (Wildman–Crippen MR) is 71.3 cm³/mol. The van der Waals surface area contributed by atoms with Crippen molar-refractivity contribution in [3.8, 4) is 10.4 Å². The topological polar surface area (TPSA) is 0 Å². The highest BCUT2D eigenvalue weighted by Crippen LogP contribution is 2.49. The van der Waals surface area contributed by atoms with Crippen LogP contribution in [0.5, 0.6) is 0 Å². The summed E-state index contributed by atoms with van der Waals surface area (Å²) in [5.74, 6) is 1.28. The van der Waals surface area contributed by atoms with Crippen LogP contribution >= 0.6 is 11.3 Å². The Balaban J connectivity index is 2.32. The number of rotatable bonds is 0. The molecule has 0 aliphatic heterocycles. The highest BCUT2D eigenvalue weighted by Gasteiger charge is 2.28. The molecular formula is C15H16S. The Morgan fingerprint density at radius 3 is 2.50 bits per heavy atom. The van der Waals surface area contributed by atoms with Crippen LogP contribution < -0.4 is 0 Å². The molecule has 3 rings (SSSR count). The molecule has 1 aromatic carbocycles. The summed E-state index contributed by atoms with van der Waals surface area (Å²) in [4.78, 5) is 2.93. The highest BCUT2D eigenvalue weighted by atomic mass is 32.1. The van der Waals surface area contributed by atoms with Crippen LogP contribution in [0.1, 0.15) is 41.7 Å². The molecule has 0 bridgehead atoms. The quantitative estimate of drug-likeness (QED) is 0.599. The van der Waals surface area contributed by atoms with E-state index in [1.54, 1.807) is 5.56 Å².